The summed E-state index contributed by atoms with van der Waals surface area (Å²) >= 11 is 2.99. The van der Waals surface area contributed by atoms with Crippen LogP contribution in [-0.4, -0.2) is 13.1 Å². The van der Waals surface area contributed by atoms with E-state index in [-0.39, 0.29) is 10.7 Å². The van der Waals surface area contributed by atoms with Crippen LogP contribution in [0.25, 0.3) is 0 Å². The number of alkyl halides is 1. The molecular weight excluding hydrogens is 326 g/mol. The van der Waals surface area contributed by atoms with Crippen molar-refractivity contribution in [2.75, 3.05) is 4.66 Å². The van der Waals surface area contributed by atoms with E-state index >= 15 is 0 Å². The minimum absolute atomic E-state index is 0.115. The lowest BCUT2D eigenvalue weighted by atomic mass is 10.00. The number of halogens is 1. The van der Waals surface area contributed by atoms with E-state index in [1.165, 1.54) is 0 Å². The molecule has 0 unspecified atom stereocenters. The molecule has 0 saturated heterocycles. The summed E-state index contributed by atoms with van der Waals surface area (Å²) in [5.74, 6) is 0. The summed E-state index contributed by atoms with van der Waals surface area (Å²) in [7, 11) is -3.35. The van der Waals surface area contributed by atoms with Crippen LogP contribution in [0.4, 0.5) is 0 Å². The zero-order chi connectivity index (χ0) is 13.7. The van der Waals surface area contributed by atoms with Gasteiger partial charge in [-0.3, -0.25) is 0 Å². The van der Waals surface area contributed by atoms with E-state index < -0.39 is 10.0 Å². The van der Waals surface area contributed by atoms with Gasteiger partial charge in [0.25, 0.3) is 0 Å². The van der Waals surface area contributed by atoms with Gasteiger partial charge in [-0.25, -0.2) is 13.1 Å². The Morgan fingerprint density at radius 3 is 1.68 bits per heavy atom. The maximum absolute atomic E-state index is 11.8. The number of hydrogen-bond acceptors (Lipinski definition) is 2. The second kappa shape index (κ2) is 6.32. The Morgan fingerprint density at radius 1 is 0.895 bits per heavy atom. The molecular formula is C14H14BrNO2S. The Morgan fingerprint density at radius 2 is 1.32 bits per heavy atom. The van der Waals surface area contributed by atoms with Crippen molar-refractivity contribution in [1.82, 2.24) is 4.72 Å². The van der Waals surface area contributed by atoms with Crippen LogP contribution in [0.1, 0.15) is 17.2 Å². The Hall–Kier alpha value is -1.17. The lowest BCUT2D eigenvalue weighted by Crippen LogP contribution is -2.29. The molecule has 0 saturated carbocycles. The summed E-state index contributed by atoms with van der Waals surface area (Å²) < 4.78 is 26.2. The highest BCUT2D eigenvalue weighted by atomic mass is 79.9. The molecule has 100 valence electrons. The Labute approximate surface area is 121 Å². The van der Waals surface area contributed by atoms with Gasteiger partial charge in [-0.15, -0.1) is 0 Å². The fraction of sp³-hybridized carbons (Fsp3) is 0.143. The number of nitrogens with one attached hydrogen (secondary N) is 1. The van der Waals surface area contributed by atoms with Crippen LogP contribution >= 0.6 is 15.9 Å². The average Bonchev–Trinajstić information content (AvgIpc) is 2.47. The topological polar surface area (TPSA) is 46.2 Å². The predicted molar refractivity (Wildman–Crippen MR) is 80.6 cm³/mol. The molecule has 5 heteroatoms. The molecule has 0 aliphatic rings. The van der Waals surface area contributed by atoms with Gasteiger partial charge in [-0.1, -0.05) is 76.6 Å². The fourth-order valence-corrected chi connectivity index (χ4v) is 2.92. The van der Waals surface area contributed by atoms with Gasteiger partial charge < -0.3 is 0 Å². The second-order valence-electron chi connectivity index (χ2n) is 4.10. The second-order valence-corrected chi connectivity index (χ2v) is 7.15. The van der Waals surface area contributed by atoms with Gasteiger partial charge in [0, 0.05) is 0 Å². The molecule has 0 spiro atoms. The Kier molecular flexibility index (Phi) is 4.74. The van der Waals surface area contributed by atoms with Crippen molar-refractivity contribution in [2.24, 2.45) is 0 Å². The van der Waals surface area contributed by atoms with Crippen molar-refractivity contribution in [3.05, 3.63) is 71.8 Å². The summed E-state index contributed by atoms with van der Waals surface area (Å²) in [6, 6.07) is 18.7. The van der Waals surface area contributed by atoms with E-state index in [1.807, 2.05) is 60.7 Å². The van der Waals surface area contributed by atoms with Crippen molar-refractivity contribution in [3.63, 3.8) is 0 Å². The number of sulfonamides is 1. The van der Waals surface area contributed by atoms with Crippen molar-refractivity contribution in [3.8, 4) is 0 Å². The van der Waals surface area contributed by atoms with Gasteiger partial charge in [-0.2, -0.15) is 0 Å². The maximum Gasteiger partial charge on any atom is 0.222 e. The molecule has 2 rings (SSSR count). The van der Waals surface area contributed by atoms with E-state index in [0.29, 0.717) is 0 Å². The van der Waals surface area contributed by atoms with Crippen LogP contribution in [0, 0.1) is 0 Å². The summed E-state index contributed by atoms with van der Waals surface area (Å²) in [5.41, 5.74) is 1.83. The van der Waals surface area contributed by atoms with Crippen LogP contribution in [0.15, 0.2) is 60.7 Å². The number of rotatable bonds is 5. The van der Waals surface area contributed by atoms with Crippen LogP contribution in [-0.2, 0) is 10.0 Å². The first-order valence-electron chi connectivity index (χ1n) is 5.78. The van der Waals surface area contributed by atoms with E-state index in [1.54, 1.807) is 0 Å². The van der Waals surface area contributed by atoms with E-state index in [2.05, 4.69) is 20.7 Å². The van der Waals surface area contributed by atoms with Crippen molar-refractivity contribution in [1.29, 1.82) is 0 Å². The standard InChI is InChI=1S/C14H14BrNO2S/c15-11-19(17,18)16-14(12-7-3-1-4-8-12)13-9-5-2-6-10-13/h1-10,14,16H,11H2. The average molecular weight is 340 g/mol. The molecule has 19 heavy (non-hydrogen) atoms. The Balaban J connectivity index is 2.40. The molecule has 0 aromatic heterocycles. The summed E-state index contributed by atoms with van der Waals surface area (Å²) in [5, 5.41) is 0. The minimum Gasteiger partial charge on any atom is -0.212 e. The summed E-state index contributed by atoms with van der Waals surface area (Å²) in [6.07, 6.45) is 0. The fourth-order valence-electron chi connectivity index (χ4n) is 1.83. The molecule has 3 nitrogen and oxygen atoms in total. The molecule has 0 fully saturated rings. The first-order chi connectivity index (χ1) is 9.12. The van der Waals surface area contributed by atoms with Crippen molar-refractivity contribution in [2.45, 2.75) is 6.04 Å². The molecule has 0 amide bonds. The third kappa shape index (κ3) is 3.89. The van der Waals surface area contributed by atoms with Crippen molar-refractivity contribution >= 4 is 26.0 Å². The van der Waals surface area contributed by atoms with E-state index in [9.17, 15) is 8.42 Å². The minimum atomic E-state index is -3.35. The zero-order valence-corrected chi connectivity index (χ0v) is 12.6. The predicted octanol–water partition coefficient (Wildman–Crippen LogP) is 3.05. The van der Waals surface area contributed by atoms with E-state index in [0.717, 1.165) is 11.1 Å². The smallest absolute Gasteiger partial charge is 0.212 e. The van der Waals surface area contributed by atoms with Crippen LogP contribution in [0.3, 0.4) is 0 Å². The molecule has 2 aromatic carbocycles. The zero-order valence-electron chi connectivity index (χ0n) is 10.2. The summed E-state index contributed by atoms with van der Waals surface area (Å²) in [4.78, 5) is 0. The SMILES string of the molecule is O=S(=O)(CBr)NC(c1ccccc1)c1ccccc1. The molecule has 0 aliphatic carbocycles. The van der Waals surface area contributed by atoms with Gasteiger partial charge >= 0.3 is 0 Å². The molecule has 0 aliphatic heterocycles. The molecule has 0 heterocycles. The van der Waals surface area contributed by atoms with Gasteiger partial charge in [-0.05, 0) is 11.1 Å². The lowest BCUT2D eigenvalue weighted by molar-refractivity contribution is 0.577. The van der Waals surface area contributed by atoms with Crippen LogP contribution < -0.4 is 4.72 Å². The first-order valence-corrected chi connectivity index (χ1v) is 8.55. The molecule has 0 radical (unpaired) electrons. The first kappa shape index (κ1) is 14.2. The lowest BCUT2D eigenvalue weighted by Gasteiger charge is -2.19. The normalized spacial score (nSPS) is 11.7. The van der Waals surface area contributed by atoms with Gasteiger partial charge in [0.1, 0.15) is 4.66 Å². The Bertz CT molecular complexity index is 575. The van der Waals surface area contributed by atoms with E-state index in [4.69, 9.17) is 0 Å². The molecule has 2 aromatic rings. The van der Waals surface area contributed by atoms with Gasteiger partial charge in [0.2, 0.25) is 10.0 Å². The van der Waals surface area contributed by atoms with Crippen LogP contribution in [0.5, 0.6) is 0 Å². The maximum atomic E-state index is 11.8. The number of benzene rings is 2. The van der Waals surface area contributed by atoms with Gasteiger partial charge in [0.15, 0.2) is 0 Å². The third-order valence-electron chi connectivity index (χ3n) is 2.71. The highest BCUT2D eigenvalue weighted by Gasteiger charge is 2.19. The van der Waals surface area contributed by atoms with Crippen molar-refractivity contribution < 1.29 is 8.42 Å². The third-order valence-corrected chi connectivity index (χ3v) is 5.40. The molecule has 1 N–H and O–H groups in total. The summed E-state index contributed by atoms with van der Waals surface area (Å²) in [6.45, 7) is 0. The largest absolute Gasteiger partial charge is 0.222 e. The quantitative estimate of drug-likeness (QED) is 0.851. The van der Waals surface area contributed by atoms with Gasteiger partial charge in [0.05, 0.1) is 6.04 Å². The van der Waals surface area contributed by atoms with Crippen LogP contribution in [0.2, 0.25) is 0 Å². The molecule has 0 atom stereocenters. The highest BCUT2D eigenvalue weighted by molar-refractivity contribution is 9.10. The number of hydrogen-bond donors (Lipinski definition) is 1. The highest BCUT2D eigenvalue weighted by Crippen LogP contribution is 2.22. The molecule has 0 bridgehead atoms. The monoisotopic (exact) mass is 339 g/mol.